The maximum Gasteiger partial charge on any atom is 0.294 e. The van der Waals surface area contributed by atoms with Crippen molar-refractivity contribution in [2.75, 3.05) is 18.5 Å². The minimum absolute atomic E-state index is 0.203. The normalized spacial score (nSPS) is 15.1. The van der Waals surface area contributed by atoms with Crippen molar-refractivity contribution in [3.63, 3.8) is 0 Å². The number of nitrogens with one attached hydrogen (secondary N) is 1. The fraction of sp³-hybridized carbons (Fsp3) is 0.150. The van der Waals surface area contributed by atoms with Gasteiger partial charge in [-0.1, -0.05) is 27.5 Å². The molecule has 2 aromatic carbocycles. The van der Waals surface area contributed by atoms with Crippen LogP contribution in [0, 0.1) is 0 Å². The van der Waals surface area contributed by atoms with Crippen LogP contribution >= 0.6 is 39.3 Å². The van der Waals surface area contributed by atoms with E-state index in [0.717, 1.165) is 21.1 Å². The van der Waals surface area contributed by atoms with Gasteiger partial charge in [-0.2, -0.15) is 0 Å². The Morgan fingerprint density at radius 3 is 2.66 bits per heavy atom. The monoisotopic (exact) mass is 494 g/mol. The van der Waals surface area contributed by atoms with E-state index in [4.69, 9.17) is 16.3 Å². The average molecular weight is 496 g/mol. The molecule has 9 heteroatoms. The van der Waals surface area contributed by atoms with Gasteiger partial charge in [0.15, 0.2) is 0 Å². The van der Waals surface area contributed by atoms with Crippen LogP contribution in [0.3, 0.4) is 0 Å². The van der Waals surface area contributed by atoms with Crippen LogP contribution in [0.5, 0.6) is 5.75 Å². The number of hydrogen-bond donors (Lipinski definition) is 1. The van der Waals surface area contributed by atoms with E-state index >= 15 is 0 Å². The van der Waals surface area contributed by atoms with Gasteiger partial charge in [0.05, 0.1) is 11.5 Å². The van der Waals surface area contributed by atoms with E-state index in [1.807, 2.05) is 6.92 Å². The number of imide groups is 1. The third-order valence-electron chi connectivity index (χ3n) is 3.86. The van der Waals surface area contributed by atoms with Crippen LogP contribution in [0.15, 0.2) is 51.8 Å². The number of halogens is 2. The van der Waals surface area contributed by atoms with E-state index in [1.165, 1.54) is 0 Å². The number of hydrogen-bond acceptors (Lipinski definition) is 5. The molecule has 0 saturated carbocycles. The average Bonchev–Trinajstić information content (AvgIpc) is 2.93. The maximum atomic E-state index is 12.7. The third-order valence-corrected chi connectivity index (χ3v) is 5.53. The van der Waals surface area contributed by atoms with Crippen molar-refractivity contribution < 1.29 is 19.1 Å². The van der Waals surface area contributed by atoms with Gasteiger partial charge in [-0.05, 0) is 67.2 Å². The molecule has 1 saturated heterocycles. The summed E-state index contributed by atoms with van der Waals surface area (Å²) in [4.78, 5) is 38.3. The number of ether oxygens (including phenoxy) is 1. The zero-order chi connectivity index (χ0) is 21.0. The Bertz CT molecular complexity index is 994. The lowest BCUT2D eigenvalue weighted by atomic mass is 10.2. The van der Waals surface area contributed by atoms with E-state index < -0.39 is 17.1 Å². The van der Waals surface area contributed by atoms with Crippen molar-refractivity contribution in [2.45, 2.75) is 6.92 Å². The summed E-state index contributed by atoms with van der Waals surface area (Å²) in [5.41, 5.74) is 1.16. The van der Waals surface area contributed by atoms with Crippen molar-refractivity contribution in [2.24, 2.45) is 0 Å². The second kappa shape index (κ2) is 9.47. The first-order valence-corrected chi connectivity index (χ1v) is 10.6. The van der Waals surface area contributed by atoms with Crippen LogP contribution in [0.2, 0.25) is 5.02 Å². The topological polar surface area (TPSA) is 75.7 Å². The number of carbonyl (C=O) groups excluding carboxylic acids is 3. The van der Waals surface area contributed by atoms with Crippen molar-refractivity contribution in [1.82, 2.24) is 4.90 Å². The molecule has 150 valence electrons. The summed E-state index contributed by atoms with van der Waals surface area (Å²) in [5, 5.41) is 2.64. The van der Waals surface area contributed by atoms with Gasteiger partial charge in [0.25, 0.3) is 11.1 Å². The highest BCUT2D eigenvalue weighted by atomic mass is 79.9. The van der Waals surface area contributed by atoms with E-state index in [2.05, 4.69) is 21.2 Å². The second-order valence-corrected chi connectivity index (χ2v) is 8.28. The van der Waals surface area contributed by atoms with Crippen LogP contribution in [0.25, 0.3) is 6.08 Å². The molecule has 6 nitrogen and oxygen atoms in total. The minimum Gasteiger partial charge on any atom is -0.493 e. The summed E-state index contributed by atoms with van der Waals surface area (Å²) in [6.07, 6.45) is 1.55. The summed E-state index contributed by atoms with van der Waals surface area (Å²) in [6.45, 7) is 1.92. The molecule has 1 fully saturated rings. The molecule has 1 heterocycles. The van der Waals surface area contributed by atoms with Crippen LogP contribution < -0.4 is 10.1 Å². The Hall–Kier alpha value is -2.29. The number of anilines is 1. The molecular formula is C20H16BrClN2O4S. The van der Waals surface area contributed by atoms with Crippen molar-refractivity contribution in [3.8, 4) is 5.75 Å². The predicted molar refractivity (Wildman–Crippen MR) is 118 cm³/mol. The van der Waals surface area contributed by atoms with Crippen molar-refractivity contribution in [3.05, 3.63) is 62.4 Å². The molecule has 29 heavy (non-hydrogen) atoms. The Morgan fingerprint density at radius 1 is 1.24 bits per heavy atom. The maximum absolute atomic E-state index is 12.7. The first kappa shape index (κ1) is 21.4. The first-order valence-electron chi connectivity index (χ1n) is 8.60. The van der Waals surface area contributed by atoms with Crippen LogP contribution in [0.4, 0.5) is 10.5 Å². The van der Waals surface area contributed by atoms with Gasteiger partial charge in [0, 0.05) is 20.7 Å². The number of carbonyl (C=O) groups is 3. The molecule has 0 spiro atoms. The number of benzene rings is 2. The highest BCUT2D eigenvalue weighted by molar-refractivity contribution is 9.10. The molecule has 1 N–H and O–H groups in total. The SMILES string of the molecule is CCOc1ccc(Cl)cc1/C=C1\SC(=O)N(CC(=O)Nc2ccc(Br)cc2)C1=O. The summed E-state index contributed by atoms with van der Waals surface area (Å²) in [5.74, 6) is -0.446. The summed E-state index contributed by atoms with van der Waals surface area (Å²) in [7, 11) is 0. The molecule has 0 unspecified atom stereocenters. The summed E-state index contributed by atoms with van der Waals surface area (Å²) in [6, 6.07) is 12.0. The molecule has 0 radical (unpaired) electrons. The minimum atomic E-state index is -0.534. The predicted octanol–water partition coefficient (Wildman–Crippen LogP) is 5.18. The molecule has 0 atom stereocenters. The number of amides is 3. The summed E-state index contributed by atoms with van der Waals surface area (Å²) < 4.78 is 6.41. The highest BCUT2D eigenvalue weighted by Gasteiger charge is 2.36. The van der Waals surface area contributed by atoms with Crippen molar-refractivity contribution >= 4 is 68.1 Å². The molecule has 2 aromatic rings. The molecule has 3 amide bonds. The Balaban J connectivity index is 1.74. The van der Waals surface area contributed by atoms with Gasteiger partial charge < -0.3 is 10.1 Å². The molecule has 1 aliphatic rings. The Morgan fingerprint density at radius 2 is 1.97 bits per heavy atom. The number of rotatable bonds is 6. The van der Waals surface area contributed by atoms with E-state index in [0.29, 0.717) is 28.6 Å². The largest absolute Gasteiger partial charge is 0.493 e. The molecular weight excluding hydrogens is 480 g/mol. The van der Waals surface area contributed by atoms with E-state index in [9.17, 15) is 14.4 Å². The lowest BCUT2D eigenvalue weighted by Gasteiger charge is -2.12. The smallest absolute Gasteiger partial charge is 0.294 e. The highest BCUT2D eigenvalue weighted by Crippen LogP contribution is 2.34. The van der Waals surface area contributed by atoms with Crippen molar-refractivity contribution in [1.29, 1.82) is 0 Å². The lowest BCUT2D eigenvalue weighted by molar-refractivity contribution is -0.127. The zero-order valence-electron chi connectivity index (χ0n) is 15.3. The third kappa shape index (κ3) is 5.41. The van der Waals surface area contributed by atoms with Gasteiger partial charge in [-0.3, -0.25) is 19.3 Å². The summed E-state index contributed by atoms with van der Waals surface area (Å²) >= 11 is 10.1. The fourth-order valence-corrected chi connectivity index (χ4v) is 3.85. The molecule has 0 bridgehead atoms. The zero-order valence-corrected chi connectivity index (χ0v) is 18.4. The lowest BCUT2D eigenvalue weighted by Crippen LogP contribution is -2.36. The number of nitrogens with zero attached hydrogens (tertiary/aromatic N) is 1. The van der Waals surface area contributed by atoms with E-state index in [1.54, 1.807) is 48.5 Å². The number of thioether (sulfide) groups is 1. The Kier molecular flexibility index (Phi) is 7.00. The first-order chi connectivity index (χ1) is 13.9. The second-order valence-electron chi connectivity index (χ2n) is 5.94. The molecule has 3 rings (SSSR count). The molecule has 1 aliphatic heterocycles. The van der Waals surface area contributed by atoms with Gasteiger partial charge in [-0.25, -0.2) is 0 Å². The van der Waals surface area contributed by atoms with E-state index in [-0.39, 0.29) is 11.4 Å². The van der Waals surface area contributed by atoms with Gasteiger partial charge >= 0.3 is 0 Å². The van der Waals surface area contributed by atoms with Crippen LogP contribution in [0.1, 0.15) is 12.5 Å². The Labute approximate surface area is 185 Å². The quantitative estimate of drug-likeness (QED) is 0.559. The van der Waals surface area contributed by atoms with Gasteiger partial charge in [-0.15, -0.1) is 0 Å². The molecule has 0 aliphatic carbocycles. The molecule has 0 aromatic heterocycles. The van der Waals surface area contributed by atoms with Gasteiger partial charge in [0.2, 0.25) is 5.91 Å². The standard InChI is InChI=1S/C20H16BrClN2O4S/c1-2-28-16-8-5-14(22)9-12(16)10-17-19(26)24(20(27)29-17)11-18(25)23-15-6-3-13(21)4-7-15/h3-10H,2,11H2,1H3,(H,23,25)/b17-10-. The van der Waals surface area contributed by atoms with Crippen LogP contribution in [-0.2, 0) is 9.59 Å². The van der Waals surface area contributed by atoms with Crippen LogP contribution in [-0.4, -0.2) is 35.1 Å². The van der Waals surface area contributed by atoms with Gasteiger partial charge in [0.1, 0.15) is 12.3 Å². The fourth-order valence-electron chi connectivity index (χ4n) is 2.57.